The van der Waals surface area contributed by atoms with Gasteiger partial charge in [-0.25, -0.2) is 9.13 Å². The molecule has 93 heavy (non-hydrogen) atoms. The van der Waals surface area contributed by atoms with Gasteiger partial charge < -0.3 is 33.8 Å². The second-order valence-electron chi connectivity index (χ2n) is 26.5. The molecule has 0 bridgehead atoms. The van der Waals surface area contributed by atoms with Gasteiger partial charge in [-0.3, -0.25) is 37.3 Å². The quantitative estimate of drug-likeness (QED) is 0.0169. The maximum absolute atomic E-state index is 13.1. The third-order valence-electron chi connectivity index (χ3n) is 16.7. The number of hydrogen-bond donors (Lipinski definition) is 3. The summed E-state index contributed by atoms with van der Waals surface area (Å²) in [6.07, 6.45) is 57.6. The number of allylic oxidation sites excluding steroid dienone is 4. The van der Waals surface area contributed by atoms with Crippen molar-refractivity contribution in [2.75, 3.05) is 39.6 Å². The van der Waals surface area contributed by atoms with Crippen molar-refractivity contribution in [3.8, 4) is 0 Å². The zero-order valence-electron chi connectivity index (χ0n) is 59.9. The number of phosphoric acid groups is 2. The highest BCUT2D eigenvalue weighted by Gasteiger charge is 2.30. The molecule has 3 N–H and O–H groups in total. The maximum Gasteiger partial charge on any atom is 0.472 e. The molecule has 0 amide bonds. The van der Waals surface area contributed by atoms with Crippen LogP contribution < -0.4 is 0 Å². The van der Waals surface area contributed by atoms with Crippen LogP contribution in [0.5, 0.6) is 0 Å². The van der Waals surface area contributed by atoms with Gasteiger partial charge in [0.05, 0.1) is 26.4 Å². The summed E-state index contributed by atoms with van der Waals surface area (Å²) < 4.78 is 68.4. The molecule has 0 aliphatic rings. The van der Waals surface area contributed by atoms with Gasteiger partial charge in [-0.1, -0.05) is 309 Å². The van der Waals surface area contributed by atoms with Gasteiger partial charge in [0.25, 0.3) is 0 Å². The number of unbranched alkanes of at least 4 members (excludes halogenated alkanes) is 41. The molecule has 0 spiro atoms. The molecule has 0 saturated carbocycles. The first-order chi connectivity index (χ1) is 45.0. The second-order valence-corrected chi connectivity index (χ2v) is 29.4. The van der Waals surface area contributed by atoms with Crippen LogP contribution in [0, 0.1) is 5.92 Å². The number of aliphatic hydroxyl groups is 1. The first kappa shape index (κ1) is 90.5. The third-order valence-corrected chi connectivity index (χ3v) is 18.6. The van der Waals surface area contributed by atoms with Crippen LogP contribution in [-0.2, 0) is 65.4 Å². The molecule has 0 heterocycles. The lowest BCUT2D eigenvalue weighted by atomic mass is 10.0. The highest BCUT2D eigenvalue weighted by Crippen LogP contribution is 2.45. The number of phosphoric ester groups is 2. The fourth-order valence-corrected chi connectivity index (χ4v) is 12.4. The zero-order chi connectivity index (χ0) is 68.4. The van der Waals surface area contributed by atoms with Crippen molar-refractivity contribution < 1.29 is 80.2 Å². The van der Waals surface area contributed by atoms with Gasteiger partial charge in [-0.05, 0) is 57.3 Å². The SMILES string of the molecule is CCCCCC/C=C\C=C/CCCCCCCC(=O)OC[C@H](COP(=O)(O)OC[C@@H](O)COP(=O)(O)OC[C@@H](COC(=O)CCCCCCCCCCCC)OC(=O)CCCCCCCCCCCC(C)C)OC(=O)CCCCCCCCCCCCCCCCCC. The van der Waals surface area contributed by atoms with Crippen LogP contribution in [-0.4, -0.2) is 96.7 Å². The number of aliphatic hydroxyl groups excluding tert-OH is 1. The van der Waals surface area contributed by atoms with Crippen LogP contribution in [0.25, 0.3) is 0 Å². The van der Waals surface area contributed by atoms with E-state index in [-0.39, 0.29) is 25.7 Å². The molecule has 0 aliphatic heterocycles. The number of esters is 4. The fourth-order valence-electron chi connectivity index (χ4n) is 10.8. The minimum absolute atomic E-state index is 0.101. The van der Waals surface area contributed by atoms with Gasteiger partial charge in [0.1, 0.15) is 19.3 Å². The Morgan fingerprint density at radius 3 is 0.882 bits per heavy atom. The lowest BCUT2D eigenvalue weighted by molar-refractivity contribution is -0.161. The molecule has 0 fully saturated rings. The molecule has 0 aromatic rings. The van der Waals surface area contributed by atoms with E-state index >= 15 is 0 Å². The van der Waals surface area contributed by atoms with Crippen LogP contribution in [0.1, 0.15) is 362 Å². The predicted molar refractivity (Wildman–Crippen MR) is 377 cm³/mol. The Balaban J connectivity index is 5.28. The molecule has 5 atom stereocenters. The topological polar surface area (TPSA) is 237 Å². The van der Waals surface area contributed by atoms with Gasteiger partial charge in [-0.15, -0.1) is 0 Å². The van der Waals surface area contributed by atoms with E-state index in [1.165, 1.54) is 167 Å². The second kappa shape index (κ2) is 66.8. The van der Waals surface area contributed by atoms with E-state index in [9.17, 15) is 43.2 Å². The molecule has 0 radical (unpaired) electrons. The summed E-state index contributed by atoms with van der Waals surface area (Å²) >= 11 is 0. The Morgan fingerprint density at radius 2 is 0.581 bits per heavy atom. The summed E-state index contributed by atoms with van der Waals surface area (Å²) in [5.74, 6) is -1.41. The van der Waals surface area contributed by atoms with Gasteiger partial charge in [0.15, 0.2) is 12.2 Å². The number of hydrogen-bond acceptors (Lipinski definition) is 15. The molecule has 0 saturated heterocycles. The van der Waals surface area contributed by atoms with Crippen molar-refractivity contribution in [2.24, 2.45) is 5.92 Å². The van der Waals surface area contributed by atoms with Crippen LogP contribution in [0.2, 0.25) is 0 Å². The Labute approximate surface area is 567 Å². The summed E-state index contributed by atoms with van der Waals surface area (Å²) in [6, 6.07) is 0. The van der Waals surface area contributed by atoms with Gasteiger partial charge in [0, 0.05) is 25.7 Å². The van der Waals surface area contributed by atoms with E-state index in [0.29, 0.717) is 25.7 Å². The summed E-state index contributed by atoms with van der Waals surface area (Å²) in [5, 5.41) is 10.6. The smallest absolute Gasteiger partial charge is 0.462 e. The number of carbonyl (C=O) groups is 4. The first-order valence-electron chi connectivity index (χ1n) is 38.0. The average Bonchev–Trinajstić information content (AvgIpc) is 3.02. The summed E-state index contributed by atoms with van der Waals surface area (Å²) in [4.78, 5) is 72.7. The molecule has 19 heteroatoms. The molecule has 17 nitrogen and oxygen atoms in total. The average molecular weight is 1360 g/mol. The normalized spacial score (nSPS) is 14.2. The minimum atomic E-state index is -4.96. The monoisotopic (exact) mass is 1360 g/mol. The van der Waals surface area contributed by atoms with E-state index in [2.05, 4.69) is 58.9 Å². The van der Waals surface area contributed by atoms with Crippen molar-refractivity contribution in [2.45, 2.75) is 380 Å². The van der Waals surface area contributed by atoms with Crippen molar-refractivity contribution in [1.29, 1.82) is 0 Å². The number of ether oxygens (including phenoxy) is 4. The van der Waals surface area contributed by atoms with E-state index in [0.717, 1.165) is 115 Å². The Morgan fingerprint density at radius 1 is 0.333 bits per heavy atom. The van der Waals surface area contributed by atoms with Crippen molar-refractivity contribution >= 4 is 39.5 Å². The Bertz CT molecular complexity index is 1880. The van der Waals surface area contributed by atoms with Gasteiger partial charge >= 0.3 is 39.5 Å². The highest BCUT2D eigenvalue weighted by molar-refractivity contribution is 7.47. The zero-order valence-corrected chi connectivity index (χ0v) is 61.7. The van der Waals surface area contributed by atoms with Crippen LogP contribution in [0.4, 0.5) is 0 Å². The van der Waals surface area contributed by atoms with Crippen LogP contribution in [0.15, 0.2) is 24.3 Å². The molecule has 548 valence electrons. The van der Waals surface area contributed by atoms with Crippen LogP contribution in [0.3, 0.4) is 0 Å². The molecule has 0 aliphatic carbocycles. The third kappa shape index (κ3) is 67.9. The lowest BCUT2D eigenvalue weighted by Gasteiger charge is -2.21. The number of carbonyl (C=O) groups excluding carboxylic acids is 4. The molecular weight excluding hydrogens is 1220 g/mol. The summed E-state index contributed by atoms with van der Waals surface area (Å²) in [6.45, 7) is 7.18. The van der Waals surface area contributed by atoms with E-state index < -0.39 is 97.5 Å². The minimum Gasteiger partial charge on any atom is -0.462 e. The molecule has 2 unspecified atom stereocenters. The maximum atomic E-state index is 13.1. The summed E-state index contributed by atoms with van der Waals surface area (Å²) in [5.41, 5.74) is 0. The first-order valence-corrected chi connectivity index (χ1v) is 40.9. The Hall–Kier alpha value is -2.46. The predicted octanol–water partition coefficient (Wildman–Crippen LogP) is 21.2. The molecular formula is C74H140O17P2. The fraction of sp³-hybridized carbons (Fsp3) is 0.892. The van der Waals surface area contributed by atoms with Crippen molar-refractivity contribution in [1.82, 2.24) is 0 Å². The molecule has 0 aromatic heterocycles. The van der Waals surface area contributed by atoms with E-state index in [1.54, 1.807) is 0 Å². The van der Waals surface area contributed by atoms with Crippen LogP contribution >= 0.6 is 15.6 Å². The Kier molecular flexibility index (Phi) is 65.0. The molecule has 0 rings (SSSR count). The van der Waals surface area contributed by atoms with Crippen molar-refractivity contribution in [3.63, 3.8) is 0 Å². The largest absolute Gasteiger partial charge is 0.472 e. The van der Waals surface area contributed by atoms with Gasteiger partial charge in [-0.2, -0.15) is 0 Å². The standard InChI is InChI=1S/C74H140O17P2/c1-6-9-12-15-18-21-24-26-28-30-32-34-39-44-49-54-59-73(78)90-69(64-85-72(77)58-53-48-43-38-33-31-29-27-25-22-19-16-13-10-7-2)65-88-92(80,81)86-61-68(75)62-87-93(82,83)89-66-70(63-84-71(76)57-52-47-42-37-23-20-17-14-11-8-3)91-74(79)60-55-50-45-40-35-36-41-46-51-56-67(4)5/h22,25,27,29,67-70,75H,6-21,23-24,26,28,30-66H2,1-5H3,(H,80,81)(H,82,83)/b25-22-,29-27-/t68-,69-,70-/m1/s1. The van der Waals surface area contributed by atoms with Gasteiger partial charge in [0.2, 0.25) is 0 Å². The summed E-state index contributed by atoms with van der Waals surface area (Å²) in [7, 11) is -9.92. The molecule has 0 aromatic carbocycles. The number of rotatable bonds is 72. The highest BCUT2D eigenvalue weighted by atomic mass is 31.2. The van der Waals surface area contributed by atoms with Crippen molar-refractivity contribution in [3.05, 3.63) is 24.3 Å². The van der Waals surface area contributed by atoms with E-state index in [1.807, 2.05) is 0 Å². The van der Waals surface area contributed by atoms with E-state index in [4.69, 9.17) is 37.0 Å². The lowest BCUT2D eigenvalue weighted by Crippen LogP contribution is -2.30.